The maximum absolute atomic E-state index is 11.1. The quantitative estimate of drug-likeness (QED) is 0.562. The lowest BCUT2D eigenvalue weighted by Gasteiger charge is -2.17. The Bertz CT molecular complexity index is 317. The minimum Gasteiger partial charge on any atom is -0.296 e. The molecule has 1 aliphatic rings. The fourth-order valence-corrected chi connectivity index (χ4v) is 1.54. The van der Waals surface area contributed by atoms with Crippen molar-refractivity contribution in [1.82, 2.24) is 0 Å². The van der Waals surface area contributed by atoms with Crippen LogP contribution in [0.15, 0.2) is 24.3 Å². The van der Waals surface area contributed by atoms with Crippen molar-refractivity contribution in [2.45, 2.75) is 18.9 Å². The van der Waals surface area contributed by atoms with E-state index in [0.717, 1.165) is 11.1 Å². The molecule has 0 fully saturated rings. The van der Waals surface area contributed by atoms with Gasteiger partial charge in [-0.1, -0.05) is 24.3 Å². The zero-order valence-corrected chi connectivity index (χ0v) is 6.62. The molecule has 1 aromatic carbocycles. The second kappa shape index (κ2) is 2.72. The minimum atomic E-state index is -1.03. The molecule has 1 unspecified atom stereocenters. The first-order valence-electron chi connectivity index (χ1n) is 4.02. The van der Waals surface area contributed by atoms with Gasteiger partial charge in [0, 0.05) is 12.8 Å². The van der Waals surface area contributed by atoms with E-state index in [1.165, 1.54) is 0 Å². The summed E-state index contributed by atoms with van der Waals surface area (Å²) in [5.74, 6) is -0.172. The second-order valence-electron chi connectivity index (χ2n) is 3.10. The van der Waals surface area contributed by atoms with Crippen LogP contribution in [0.25, 0.3) is 0 Å². The van der Waals surface area contributed by atoms with Crippen LogP contribution in [0.2, 0.25) is 0 Å². The van der Waals surface area contributed by atoms with Crippen molar-refractivity contribution in [3.05, 3.63) is 35.4 Å². The first-order chi connectivity index (χ1) is 5.77. The molecular weight excluding hydrogens is 152 g/mol. The zero-order valence-electron chi connectivity index (χ0n) is 6.62. The smallest absolute Gasteiger partial charge is 0.169 e. The Kier molecular flexibility index (Phi) is 1.70. The van der Waals surface area contributed by atoms with Gasteiger partial charge in [-0.05, 0) is 11.1 Å². The number of benzene rings is 1. The van der Waals surface area contributed by atoms with Gasteiger partial charge in [-0.25, -0.2) is 5.11 Å². The van der Waals surface area contributed by atoms with Crippen molar-refractivity contribution < 1.29 is 9.90 Å². The van der Waals surface area contributed by atoms with Crippen LogP contribution < -0.4 is 0 Å². The number of hydrogen-bond acceptors (Lipinski definition) is 1. The Hall–Kier alpha value is -1.15. The highest BCUT2D eigenvalue weighted by Gasteiger charge is 2.24. The minimum absolute atomic E-state index is 0.172. The summed E-state index contributed by atoms with van der Waals surface area (Å²) >= 11 is 0. The normalized spacial score (nSPS) is 22.1. The van der Waals surface area contributed by atoms with Crippen molar-refractivity contribution >= 4 is 5.78 Å². The number of Topliss-reactive ketones (excluding diaryl/α,β-unsaturated/α-hetero) is 1. The highest BCUT2D eigenvalue weighted by molar-refractivity contribution is 5.87. The molecule has 1 aromatic rings. The molecule has 0 N–H and O–H groups in total. The van der Waals surface area contributed by atoms with Gasteiger partial charge in [0.2, 0.25) is 0 Å². The fourth-order valence-electron chi connectivity index (χ4n) is 1.54. The van der Waals surface area contributed by atoms with Gasteiger partial charge in [-0.3, -0.25) is 4.79 Å². The topological polar surface area (TPSA) is 37.0 Å². The summed E-state index contributed by atoms with van der Waals surface area (Å²) < 4.78 is 0. The Balaban J connectivity index is 2.40. The number of rotatable bonds is 0. The number of carbonyl (C=O) groups is 1. The van der Waals surface area contributed by atoms with Crippen molar-refractivity contribution in [2.75, 3.05) is 0 Å². The standard InChI is InChI=1S/C10H9O2/c11-9-5-7-3-1-2-4-8(7)6-10(9)12/h1-4,9H,5-6H2. The van der Waals surface area contributed by atoms with E-state index in [9.17, 15) is 9.90 Å². The van der Waals surface area contributed by atoms with Crippen LogP contribution in [0, 0.1) is 0 Å². The Morgan fingerprint density at radius 2 is 1.83 bits per heavy atom. The van der Waals surface area contributed by atoms with E-state index in [1.54, 1.807) is 0 Å². The summed E-state index contributed by atoms with van der Waals surface area (Å²) in [5.41, 5.74) is 2.06. The predicted molar refractivity (Wildman–Crippen MR) is 43.3 cm³/mol. The van der Waals surface area contributed by atoms with E-state index in [0.29, 0.717) is 12.8 Å². The third kappa shape index (κ3) is 1.14. The summed E-state index contributed by atoms with van der Waals surface area (Å²) in [6, 6.07) is 7.64. The first-order valence-corrected chi connectivity index (χ1v) is 4.02. The van der Waals surface area contributed by atoms with Crippen molar-refractivity contribution in [3.8, 4) is 0 Å². The third-order valence-corrected chi connectivity index (χ3v) is 2.25. The Labute approximate surface area is 70.8 Å². The molecule has 2 nitrogen and oxygen atoms in total. The van der Waals surface area contributed by atoms with E-state index in [4.69, 9.17) is 0 Å². The van der Waals surface area contributed by atoms with E-state index in [2.05, 4.69) is 0 Å². The molecule has 2 heteroatoms. The van der Waals surface area contributed by atoms with E-state index in [-0.39, 0.29) is 5.78 Å². The molecule has 1 atom stereocenters. The molecule has 0 spiro atoms. The van der Waals surface area contributed by atoms with Crippen molar-refractivity contribution in [3.63, 3.8) is 0 Å². The molecule has 1 aliphatic carbocycles. The van der Waals surface area contributed by atoms with Gasteiger partial charge >= 0.3 is 0 Å². The predicted octanol–water partition coefficient (Wildman–Crippen LogP) is 1.15. The van der Waals surface area contributed by atoms with Crippen LogP contribution >= 0.6 is 0 Å². The molecule has 0 heterocycles. The monoisotopic (exact) mass is 161 g/mol. The highest BCUT2D eigenvalue weighted by atomic mass is 16.3. The SMILES string of the molecule is [O]C1Cc2ccccc2CC1=O. The fraction of sp³-hybridized carbons (Fsp3) is 0.300. The lowest BCUT2D eigenvalue weighted by Crippen LogP contribution is -2.28. The third-order valence-electron chi connectivity index (χ3n) is 2.25. The van der Waals surface area contributed by atoms with Crippen LogP contribution in [-0.4, -0.2) is 11.9 Å². The number of ketones is 1. The van der Waals surface area contributed by atoms with Crippen LogP contribution in [0.3, 0.4) is 0 Å². The maximum atomic E-state index is 11.1. The molecule has 0 bridgehead atoms. The van der Waals surface area contributed by atoms with Crippen LogP contribution in [0.5, 0.6) is 0 Å². The molecule has 1 radical (unpaired) electrons. The molecule has 0 aliphatic heterocycles. The second-order valence-corrected chi connectivity index (χ2v) is 3.10. The molecule has 0 amide bonds. The molecule has 0 saturated carbocycles. The van der Waals surface area contributed by atoms with E-state index in [1.807, 2.05) is 24.3 Å². The average Bonchev–Trinajstić information content (AvgIpc) is 2.07. The van der Waals surface area contributed by atoms with Crippen molar-refractivity contribution in [1.29, 1.82) is 0 Å². The molecule has 0 aromatic heterocycles. The number of hydrogen-bond donors (Lipinski definition) is 0. The summed E-state index contributed by atoms with van der Waals surface area (Å²) in [4.78, 5) is 11.0. The summed E-state index contributed by atoms with van der Waals surface area (Å²) in [7, 11) is 0. The van der Waals surface area contributed by atoms with Gasteiger partial charge in [0.1, 0.15) is 0 Å². The molecular formula is C10H9O2. The maximum Gasteiger partial charge on any atom is 0.169 e. The van der Waals surface area contributed by atoms with Crippen LogP contribution in [0.4, 0.5) is 0 Å². The van der Waals surface area contributed by atoms with Gasteiger partial charge in [0.25, 0.3) is 0 Å². The Morgan fingerprint density at radius 1 is 1.17 bits per heavy atom. The summed E-state index contributed by atoms with van der Waals surface area (Å²) in [6.45, 7) is 0. The van der Waals surface area contributed by atoms with Gasteiger partial charge in [-0.15, -0.1) is 0 Å². The van der Waals surface area contributed by atoms with Crippen molar-refractivity contribution in [2.24, 2.45) is 0 Å². The number of carbonyl (C=O) groups excluding carboxylic acids is 1. The number of fused-ring (bicyclic) bond motifs is 1. The molecule has 2 rings (SSSR count). The van der Waals surface area contributed by atoms with E-state index < -0.39 is 6.10 Å². The zero-order chi connectivity index (χ0) is 8.55. The van der Waals surface area contributed by atoms with Gasteiger partial charge in [0.15, 0.2) is 11.9 Å². The van der Waals surface area contributed by atoms with Gasteiger partial charge < -0.3 is 0 Å². The largest absolute Gasteiger partial charge is 0.296 e. The van der Waals surface area contributed by atoms with Gasteiger partial charge in [-0.2, -0.15) is 0 Å². The molecule has 0 saturated heterocycles. The average molecular weight is 161 g/mol. The van der Waals surface area contributed by atoms with Crippen LogP contribution in [0.1, 0.15) is 11.1 Å². The lowest BCUT2D eigenvalue weighted by molar-refractivity contribution is -0.130. The molecule has 61 valence electrons. The van der Waals surface area contributed by atoms with Crippen LogP contribution in [-0.2, 0) is 22.7 Å². The Morgan fingerprint density at radius 3 is 2.58 bits per heavy atom. The molecule has 12 heavy (non-hydrogen) atoms. The lowest BCUT2D eigenvalue weighted by atomic mass is 9.89. The van der Waals surface area contributed by atoms with E-state index >= 15 is 0 Å². The highest BCUT2D eigenvalue weighted by Crippen LogP contribution is 2.18. The van der Waals surface area contributed by atoms with Gasteiger partial charge in [0.05, 0.1) is 0 Å². The first kappa shape index (κ1) is 7.50. The summed E-state index contributed by atoms with van der Waals surface area (Å²) in [5, 5.41) is 11.1. The summed E-state index contributed by atoms with van der Waals surface area (Å²) in [6.07, 6.45) is -0.334.